The van der Waals surface area contributed by atoms with Gasteiger partial charge in [-0.2, -0.15) is 0 Å². The van der Waals surface area contributed by atoms with E-state index in [1.807, 2.05) is 55.5 Å². The van der Waals surface area contributed by atoms with E-state index in [9.17, 15) is 9.90 Å². The maximum Gasteiger partial charge on any atom is 0.255 e. The quantitative estimate of drug-likeness (QED) is 0.634. The molecule has 0 spiro atoms. The number of aliphatic hydroxyl groups is 1. The summed E-state index contributed by atoms with van der Waals surface area (Å²) in [4.78, 5) is 12.7. The van der Waals surface area contributed by atoms with Crippen molar-refractivity contribution >= 4 is 11.6 Å². The minimum Gasteiger partial charge on any atom is -0.387 e. The first-order valence-corrected chi connectivity index (χ1v) is 9.33. The average Bonchev–Trinajstić information content (AvgIpc) is 3.32. The molecule has 0 saturated carbocycles. The second-order valence-electron chi connectivity index (χ2n) is 7.30. The van der Waals surface area contributed by atoms with Crippen molar-refractivity contribution in [1.82, 2.24) is 20.3 Å². The van der Waals surface area contributed by atoms with Crippen LogP contribution in [0.5, 0.6) is 0 Å². The van der Waals surface area contributed by atoms with E-state index in [4.69, 9.17) is 0 Å². The molecule has 0 aliphatic carbocycles. The van der Waals surface area contributed by atoms with E-state index < -0.39 is 5.60 Å². The molecule has 144 valence electrons. The minimum atomic E-state index is -0.793. The van der Waals surface area contributed by atoms with Crippen LogP contribution in [0, 0.1) is 6.92 Å². The first-order valence-electron chi connectivity index (χ1n) is 9.33. The fraction of sp³-hybridized carbons (Fsp3) is 0.286. The van der Waals surface area contributed by atoms with Gasteiger partial charge < -0.3 is 15.7 Å². The van der Waals surface area contributed by atoms with Gasteiger partial charge in [0.2, 0.25) is 0 Å². The fourth-order valence-electron chi connectivity index (χ4n) is 3.42. The lowest BCUT2D eigenvalue weighted by atomic mass is 10.0. The number of amides is 1. The largest absolute Gasteiger partial charge is 0.387 e. The zero-order valence-corrected chi connectivity index (χ0v) is 15.7. The van der Waals surface area contributed by atoms with Gasteiger partial charge in [-0.05, 0) is 43.7 Å². The maximum absolute atomic E-state index is 12.7. The zero-order valence-electron chi connectivity index (χ0n) is 15.7. The summed E-state index contributed by atoms with van der Waals surface area (Å²) < 4.78 is 1.66. The van der Waals surface area contributed by atoms with E-state index >= 15 is 0 Å². The van der Waals surface area contributed by atoms with E-state index in [0.29, 0.717) is 30.8 Å². The van der Waals surface area contributed by atoms with Gasteiger partial charge in [0.15, 0.2) is 0 Å². The van der Waals surface area contributed by atoms with Gasteiger partial charge in [0.1, 0.15) is 5.69 Å². The molecule has 2 heterocycles. The lowest BCUT2D eigenvalue weighted by Crippen LogP contribution is -2.36. The van der Waals surface area contributed by atoms with Crippen LogP contribution in [-0.4, -0.2) is 44.7 Å². The number of anilines is 1. The summed E-state index contributed by atoms with van der Waals surface area (Å²) in [5.41, 5.74) is 2.92. The molecule has 28 heavy (non-hydrogen) atoms. The van der Waals surface area contributed by atoms with Crippen molar-refractivity contribution in [3.63, 3.8) is 0 Å². The SMILES string of the molecule is Cc1ccc(-c2cn(CC3(O)CCNC3)nn2)cc1C(=O)Nc1ccccc1. The summed E-state index contributed by atoms with van der Waals surface area (Å²) in [7, 11) is 0. The Labute approximate surface area is 163 Å². The standard InChI is InChI=1S/C21H23N5O2/c1-15-7-8-16(11-18(15)20(27)23-17-5-3-2-4-6-17)19-12-26(25-24-19)14-21(28)9-10-22-13-21/h2-8,11-12,22,28H,9-10,13-14H2,1H3,(H,23,27). The summed E-state index contributed by atoms with van der Waals surface area (Å²) in [5.74, 6) is -0.163. The summed E-state index contributed by atoms with van der Waals surface area (Å²) in [6.45, 7) is 3.65. The van der Waals surface area contributed by atoms with Crippen LogP contribution in [0.15, 0.2) is 54.7 Å². The van der Waals surface area contributed by atoms with E-state index in [0.717, 1.165) is 23.4 Å². The third-order valence-corrected chi connectivity index (χ3v) is 5.03. The van der Waals surface area contributed by atoms with Gasteiger partial charge in [0, 0.05) is 23.4 Å². The van der Waals surface area contributed by atoms with Crippen LogP contribution in [-0.2, 0) is 6.54 Å². The monoisotopic (exact) mass is 377 g/mol. The molecule has 1 saturated heterocycles. The average molecular weight is 377 g/mol. The van der Waals surface area contributed by atoms with Gasteiger partial charge in [-0.15, -0.1) is 5.10 Å². The van der Waals surface area contributed by atoms with Gasteiger partial charge in [-0.25, -0.2) is 4.68 Å². The third kappa shape index (κ3) is 3.95. The van der Waals surface area contributed by atoms with Crippen LogP contribution in [0.4, 0.5) is 5.69 Å². The molecule has 3 aromatic rings. The van der Waals surface area contributed by atoms with E-state index in [1.165, 1.54) is 0 Å². The topological polar surface area (TPSA) is 92.1 Å². The summed E-state index contributed by atoms with van der Waals surface area (Å²) >= 11 is 0. The van der Waals surface area contributed by atoms with Crippen LogP contribution >= 0.6 is 0 Å². The Kier molecular flexibility index (Phi) is 4.93. The number of aromatic nitrogens is 3. The van der Waals surface area contributed by atoms with E-state index in [2.05, 4.69) is 20.9 Å². The number of β-amino-alcohol motifs (C(OH)–C–C–N with tert-alkyl or cyclic N) is 1. The number of carbonyl (C=O) groups excluding carboxylic acids is 1. The van der Waals surface area contributed by atoms with Crippen LogP contribution in [0.2, 0.25) is 0 Å². The molecule has 1 unspecified atom stereocenters. The molecule has 3 N–H and O–H groups in total. The second kappa shape index (κ2) is 7.53. The van der Waals surface area contributed by atoms with Crippen LogP contribution in [0.3, 0.4) is 0 Å². The highest BCUT2D eigenvalue weighted by Gasteiger charge is 2.31. The molecule has 0 bridgehead atoms. The predicted octanol–water partition coefficient (Wildman–Crippen LogP) is 2.23. The number of aryl methyl sites for hydroxylation is 1. The minimum absolute atomic E-state index is 0.163. The van der Waals surface area contributed by atoms with Crippen molar-refractivity contribution in [1.29, 1.82) is 0 Å². The van der Waals surface area contributed by atoms with E-state index in [-0.39, 0.29) is 5.91 Å². The summed E-state index contributed by atoms with van der Waals surface area (Å²) in [6.07, 6.45) is 2.50. The number of nitrogens with zero attached hydrogens (tertiary/aromatic N) is 3. The molecule has 1 fully saturated rings. The second-order valence-corrected chi connectivity index (χ2v) is 7.30. The molecular formula is C21H23N5O2. The normalized spacial score (nSPS) is 18.9. The van der Waals surface area contributed by atoms with Crippen molar-refractivity contribution < 1.29 is 9.90 Å². The van der Waals surface area contributed by atoms with Crippen molar-refractivity contribution in [2.45, 2.75) is 25.5 Å². The molecule has 1 aromatic heterocycles. The Morgan fingerprint density at radius 3 is 2.86 bits per heavy atom. The smallest absolute Gasteiger partial charge is 0.255 e. The van der Waals surface area contributed by atoms with Crippen molar-refractivity contribution in [3.8, 4) is 11.3 Å². The Morgan fingerprint density at radius 1 is 1.29 bits per heavy atom. The van der Waals surface area contributed by atoms with Crippen molar-refractivity contribution in [2.24, 2.45) is 0 Å². The summed E-state index contributed by atoms with van der Waals surface area (Å²) in [6, 6.07) is 15.0. The third-order valence-electron chi connectivity index (χ3n) is 5.03. The molecule has 1 aliphatic heterocycles. The molecule has 0 radical (unpaired) electrons. The molecule has 4 rings (SSSR count). The van der Waals surface area contributed by atoms with Gasteiger partial charge in [-0.3, -0.25) is 4.79 Å². The molecule has 1 atom stereocenters. The molecule has 2 aromatic carbocycles. The van der Waals surface area contributed by atoms with Gasteiger partial charge in [-0.1, -0.05) is 35.5 Å². The highest BCUT2D eigenvalue weighted by atomic mass is 16.3. The number of carbonyl (C=O) groups is 1. The van der Waals surface area contributed by atoms with Gasteiger partial charge in [0.25, 0.3) is 5.91 Å². The number of hydrogen-bond donors (Lipinski definition) is 3. The number of nitrogens with one attached hydrogen (secondary N) is 2. The van der Waals surface area contributed by atoms with Crippen LogP contribution < -0.4 is 10.6 Å². The Hall–Kier alpha value is -3.03. The highest BCUT2D eigenvalue weighted by molar-refractivity contribution is 6.05. The maximum atomic E-state index is 12.7. The number of rotatable bonds is 5. The highest BCUT2D eigenvalue weighted by Crippen LogP contribution is 2.23. The first-order chi connectivity index (χ1) is 13.5. The molecular weight excluding hydrogens is 354 g/mol. The Morgan fingerprint density at radius 2 is 2.11 bits per heavy atom. The molecule has 7 nitrogen and oxygen atoms in total. The fourth-order valence-corrected chi connectivity index (χ4v) is 3.42. The number of benzene rings is 2. The van der Waals surface area contributed by atoms with Crippen LogP contribution in [0.25, 0.3) is 11.3 Å². The molecule has 1 amide bonds. The molecule has 1 aliphatic rings. The van der Waals surface area contributed by atoms with Crippen molar-refractivity contribution in [3.05, 3.63) is 65.9 Å². The zero-order chi connectivity index (χ0) is 19.6. The Bertz CT molecular complexity index is 977. The van der Waals surface area contributed by atoms with Gasteiger partial charge >= 0.3 is 0 Å². The van der Waals surface area contributed by atoms with E-state index in [1.54, 1.807) is 10.9 Å². The number of hydrogen-bond acceptors (Lipinski definition) is 5. The van der Waals surface area contributed by atoms with Crippen LogP contribution in [0.1, 0.15) is 22.3 Å². The lowest BCUT2D eigenvalue weighted by molar-refractivity contribution is 0.0391. The molecule has 7 heteroatoms. The summed E-state index contributed by atoms with van der Waals surface area (Å²) in [5, 5.41) is 25.0. The van der Waals surface area contributed by atoms with Gasteiger partial charge in [0.05, 0.1) is 18.3 Å². The Balaban J connectivity index is 1.54. The lowest BCUT2D eigenvalue weighted by Gasteiger charge is -2.20. The predicted molar refractivity (Wildman–Crippen MR) is 107 cm³/mol. The first kappa shape index (κ1) is 18.3. The number of para-hydroxylation sites is 1. The van der Waals surface area contributed by atoms with Crippen molar-refractivity contribution in [2.75, 3.05) is 18.4 Å².